The van der Waals surface area contributed by atoms with Crippen LogP contribution in [0.15, 0.2) is 41.3 Å². The average molecular weight is 218 g/mol. The summed E-state index contributed by atoms with van der Waals surface area (Å²) in [7, 11) is 1.64. The zero-order valence-electron chi connectivity index (χ0n) is 8.77. The van der Waals surface area contributed by atoms with Crippen LogP contribution in [0.2, 0.25) is 0 Å². The Kier molecular flexibility index (Phi) is 2.48. The summed E-state index contributed by atoms with van der Waals surface area (Å²) in [5, 5.41) is 0. The third kappa shape index (κ3) is 1.69. The Morgan fingerprint density at radius 1 is 1.31 bits per heavy atom. The first-order valence-corrected chi connectivity index (χ1v) is 4.80. The summed E-state index contributed by atoms with van der Waals surface area (Å²) in [5.74, 6) is -0.423. The van der Waals surface area contributed by atoms with Gasteiger partial charge in [-0.1, -0.05) is 6.07 Å². The van der Waals surface area contributed by atoms with E-state index in [-0.39, 0.29) is 11.1 Å². The number of hydrogen-bond donors (Lipinski definition) is 1. The first kappa shape index (κ1) is 10.4. The van der Waals surface area contributed by atoms with Crippen LogP contribution in [-0.4, -0.2) is 4.57 Å². The summed E-state index contributed by atoms with van der Waals surface area (Å²) < 4.78 is 15.0. The van der Waals surface area contributed by atoms with Crippen molar-refractivity contribution >= 4 is 5.69 Å². The molecule has 1 aromatic carbocycles. The number of halogens is 1. The number of nitrogens with two attached hydrogens (primary N) is 1. The molecule has 0 radical (unpaired) electrons. The molecule has 2 rings (SSSR count). The van der Waals surface area contributed by atoms with Crippen LogP contribution in [0.3, 0.4) is 0 Å². The lowest BCUT2D eigenvalue weighted by Crippen LogP contribution is -2.14. The molecule has 3 nitrogen and oxygen atoms in total. The first-order chi connectivity index (χ1) is 7.59. The van der Waals surface area contributed by atoms with Gasteiger partial charge in [0.05, 0.1) is 0 Å². The number of pyridine rings is 1. The summed E-state index contributed by atoms with van der Waals surface area (Å²) >= 11 is 0. The van der Waals surface area contributed by atoms with Gasteiger partial charge in [-0.05, 0) is 23.8 Å². The van der Waals surface area contributed by atoms with E-state index in [0.29, 0.717) is 11.3 Å². The quantitative estimate of drug-likeness (QED) is 0.741. The minimum absolute atomic E-state index is 0.194. The molecule has 16 heavy (non-hydrogen) atoms. The number of rotatable bonds is 1. The molecule has 2 N–H and O–H groups in total. The molecule has 0 amide bonds. The van der Waals surface area contributed by atoms with Crippen molar-refractivity contribution in [2.45, 2.75) is 0 Å². The van der Waals surface area contributed by atoms with Crippen molar-refractivity contribution in [1.29, 1.82) is 0 Å². The Bertz CT molecular complexity index is 570. The third-order valence-corrected chi connectivity index (χ3v) is 2.44. The van der Waals surface area contributed by atoms with E-state index >= 15 is 0 Å². The Hall–Kier alpha value is -2.10. The number of aryl methyl sites for hydroxylation is 1. The average Bonchev–Trinajstić information content (AvgIpc) is 2.23. The molecule has 1 aromatic heterocycles. The van der Waals surface area contributed by atoms with Crippen molar-refractivity contribution in [2.24, 2.45) is 7.05 Å². The third-order valence-electron chi connectivity index (χ3n) is 2.44. The molecule has 0 saturated heterocycles. The van der Waals surface area contributed by atoms with Crippen LogP contribution < -0.4 is 11.3 Å². The van der Waals surface area contributed by atoms with Crippen LogP contribution in [0.4, 0.5) is 10.1 Å². The lowest BCUT2D eigenvalue weighted by atomic mass is 10.0. The SMILES string of the molecule is Cn1ccc(-c2c(N)cccc2F)cc1=O. The lowest BCUT2D eigenvalue weighted by Gasteiger charge is -2.07. The molecule has 0 fully saturated rings. The molecule has 0 aliphatic rings. The van der Waals surface area contributed by atoms with Gasteiger partial charge in [0.15, 0.2) is 0 Å². The number of nitrogen functional groups attached to an aromatic ring is 1. The van der Waals surface area contributed by atoms with Crippen molar-refractivity contribution in [3.63, 3.8) is 0 Å². The molecule has 0 saturated carbocycles. The van der Waals surface area contributed by atoms with Crippen LogP contribution in [0, 0.1) is 5.82 Å². The molecular formula is C12H11FN2O. The fourth-order valence-electron chi connectivity index (χ4n) is 1.55. The van der Waals surface area contributed by atoms with Gasteiger partial charge in [-0.2, -0.15) is 0 Å². The minimum Gasteiger partial charge on any atom is -0.398 e. The van der Waals surface area contributed by atoms with E-state index in [2.05, 4.69) is 0 Å². The Balaban J connectivity index is 2.68. The van der Waals surface area contributed by atoms with Gasteiger partial charge >= 0.3 is 0 Å². The van der Waals surface area contributed by atoms with Crippen molar-refractivity contribution in [3.05, 3.63) is 52.7 Å². The summed E-state index contributed by atoms with van der Waals surface area (Å²) in [6, 6.07) is 7.50. The number of nitrogens with zero attached hydrogens (tertiary/aromatic N) is 1. The highest BCUT2D eigenvalue weighted by Crippen LogP contribution is 2.27. The highest BCUT2D eigenvalue weighted by atomic mass is 19.1. The first-order valence-electron chi connectivity index (χ1n) is 4.80. The Labute approximate surface area is 92.0 Å². The molecule has 0 aliphatic carbocycles. The monoisotopic (exact) mass is 218 g/mol. The van der Waals surface area contributed by atoms with E-state index in [9.17, 15) is 9.18 Å². The van der Waals surface area contributed by atoms with Crippen LogP contribution in [-0.2, 0) is 7.05 Å². The second kappa shape index (κ2) is 3.81. The van der Waals surface area contributed by atoms with Gasteiger partial charge in [0.25, 0.3) is 5.56 Å². The largest absolute Gasteiger partial charge is 0.398 e. The van der Waals surface area contributed by atoms with Gasteiger partial charge in [0.2, 0.25) is 0 Å². The second-order valence-electron chi connectivity index (χ2n) is 3.57. The van der Waals surface area contributed by atoms with Crippen molar-refractivity contribution in [3.8, 4) is 11.1 Å². The summed E-state index contributed by atoms with van der Waals surface area (Å²) in [6.07, 6.45) is 1.59. The van der Waals surface area contributed by atoms with Gasteiger partial charge in [-0.25, -0.2) is 4.39 Å². The molecule has 2 aromatic rings. The number of aromatic nitrogens is 1. The van der Waals surface area contributed by atoms with Crippen LogP contribution in [0.25, 0.3) is 11.1 Å². The maximum absolute atomic E-state index is 13.6. The molecular weight excluding hydrogens is 207 g/mol. The standard InChI is InChI=1S/C12H11FN2O/c1-15-6-5-8(7-11(15)16)12-9(13)3-2-4-10(12)14/h2-7H,14H2,1H3. The molecule has 1 heterocycles. The predicted octanol–water partition coefficient (Wildman–Crippen LogP) is 1.77. The van der Waals surface area contributed by atoms with Gasteiger partial charge in [0.1, 0.15) is 5.82 Å². The number of benzene rings is 1. The van der Waals surface area contributed by atoms with Crippen LogP contribution in [0.5, 0.6) is 0 Å². The van der Waals surface area contributed by atoms with E-state index < -0.39 is 5.82 Å². The fourth-order valence-corrected chi connectivity index (χ4v) is 1.55. The van der Waals surface area contributed by atoms with E-state index in [1.54, 1.807) is 25.4 Å². The zero-order chi connectivity index (χ0) is 11.7. The topological polar surface area (TPSA) is 48.0 Å². The minimum atomic E-state index is -0.423. The maximum atomic E-state index is 13.6. The van der Waals surface area contributed by atoms with Crippen molar-refractivity contribution in [2.75, 3.05) is 5.73 Å². The molecule has 0 aliphatic heterocycles. The second-order valence-corrected chi connectivity index (χ2v) is 3.57. The normalized spacial score (nSPS) is 10.4. The molecule has 4 heteroatoms. The molecule has 0 spiro atoms. The number of anilines is 1. The van der Waals surface area contributed by atoms with E-state index in [4.69, 9.17) is 5.73 Å². The lowest BCUT2D eigenvalue weighted by molar-refractivity contribution is 0.632. The number of hydrogen-bond acceptors (Lipinski definition) is 2. The maximum Gasteiger partial charge on any atom is 0.250 e. The van der Waals surface area contributed by atoms with E-state index in [0.717, 1.165) is 0 Å². The van der Waals surface area contributed by atoms with E-state index in [1.165, 1.54) is 22.8 Å². The summed E-state index contributed by atoms with van der Waals surface area (Å²) in [6.45, 7) is 0. The fraction of sp³-hybridized carbons (Fsp3) is 0.0833. The summed E-state index contributed by atoms with van der Waals surface area (Å²) in [5.41, 5.74) is 6.60. The molecule has 82 valence electrons. The van der Waals surface area contributed by atoms with Gasteiger partial charge in [-0.3, -0.25) is 4.79 Å². The Morgan fingerprint density at radius 3 is 2.69 bits per heavy atom. The Morgan fingerprint density at radius 2 is 2.06 bits per heavy atom. The van der Waals surface area contributed by atoms with Crippen molar-refractivity contribution < 1.29 is 4.39 Å². The smallest absolute Gasteiger partial charge is 0.250 e. The van der Waals surface area contributed by atoms with Gasteiger partial charge < -0.3 is 10.3 Å². The van der Waals surface area contributed by atoms with Crippen LogP contribution in [0.1, 0.15) is 0 Å². The van der Waals surface area contributed by atoms with Gasteiger partial charge in [0, 0.05) is 30.6 Å². The van der Waals surface area contributed by atoms with Crippen LogP contribution >= 0.6 is 0 Å². The zero-order valence-corrected chi connectivity index (χ0v) is 8.77. The molecule has 0 unspecified atom stereocenters. The predicted molar refractivity (Wildman–Crippen MR) is 61.5 cm³/mol. The highest BCUT2D eigenvalue weighted by Gasteiger charge is 2.09. The molecule has 0 bridgehead atoms. The molecule has 0 atom stereocenters. The van der Waals surface area contributed by atoms with Gasteiger partial charge in [-0.15, -0.1) is 0 Å². The van der Waals surface area contributed by atoms with E-state index in [1.807, 2.05) is 0 Å². The highest BCUT2D eigenvalue weighted by molar-refractivity contribution is 5.76. The summed E-state index contributed by atoms with van der Waals surface area (Å²) in [4.78, 5) is 11.4. The van der Waals surface area contributed by atoms with Crippen molar-refractivity contribution in [1.82, 2.24) is 4.57 Å².